The molecule has 3 amide bonds. The van der Waals surface area contributed by atoms with Crippen molar-refractivity contribution in [1.82, 2.24) is 29.9 Å². The smallest absolute Gasteiger partial charge is 0.322 e. The van der Waals surface area contributed by atoms with E-state index in [4.69, 9.17) is 0 Å². The van der Waals surface area contributed by atoms with Crippen LogP contribution >= 0.6 is 0 Å². The van der Waals surface area contributed by atoms with Gasteiger partial charge in [0.05, 0.1) is 11.4 Å². The van der Waals surface area contributed by atoms with Crippen LogP contribution in [-0.2, 0) is 27.8 Å². The van der Waals surface area contributed by atoms with Gasteiger partial charge in [0.1, 0.15) is 11.4 Å². The predicted molar refractivity (Wildman–Crippen MR) is 110 cm³/mol. The number of carbonyl (C=O) groups excluding carboxylic acids is 2. The SMILES string of the molecule is C[C@]1(CS(=O)(=O)N2CCc3cc(-c4cnc(C5CC5)nc4)ncc3C2)NC(=O)NC1=O. The van der Waals surface area contributed by atoms with Gasteiger partial charge in [0, 0.05) is 43.2 Å². The molecule has 5 rings (SSSR count). The number of hydrogen-bond donors (Lipinski definition) is 2. The molecule has 1 aliphatic carbocycles. The Morgan fingerprint density at radius 3 is 2.52 bits per heavy atom. The second-order valence-electron chi connectivity index (χ2n) is 8.52. The van der Waals surface area contributed by atoms with Crippen LogP contribution in [0.5, 0.6) is 0 Å². The number of urea groups is 1. The summed E-state index contributed by atoms with van der Waals surface area (Å²) in [5, 5.41) is 4.50. The van der Waals surface area contributed by atoms with Gasteiger partial charge in [-0.05, 0) is 43.4 Å². The minimum absolute atomic E-state index is 0.174. The second kappa shape index (κ2) is 7.06. The Morgan fingerprint density at radius 1 is 1.13 bits per heavy atom. The van der Waals surface area contributed by atoms with Gasteiger partial charge in [0.2, 0.25) is 10.0 Å². The van der Waals surface area contributed by atoms with Gasteiger partial charge in [-0.2, -0.15) is 4.31 Å². The summed E-state index contributed by atoms with van der Waals surface area (Å²) >= 11 is 0. The van der Waals surface area contributed by atoms with Gasteiger partial charge in [0.15, 0.2) is 0 Å². The van der Waals surface area contributed by atoms with E-state index in [1.165, 1.54) is 11.2 Å². The molecule has 1 saturated carbocycles. The highest BCUT2D eigenvalue weighted by Crippen LogP contribution is 2.38. The van der Waals surface area contributed by atoms with Crippen LogP contribution in [0.15, 0.2) is 24.7 Å². The van der Waals surface area contributed by atoms with E-state index in [0.29, 0.717) is 18.9 Å². The summed E-state index contributed by atoms with van der Waals surface area (Å²) in [5.74, 6) is 0.232. The molecule has 0 aromatic carbocycles. The fraction of sp³-hybridized carbons (Fsp3) is 0.450. The maximum Gasteiger partial charge on any atom is 0.322 e. The molecule has 0 bridgehead atoms. The van der Waals surface area contributed by atoms with E-state index in [-0.39, 0.29) is 6.54 Å². The number of fused-ring (bicyclic) bond motifs is 1. The van der Waals surface area contributed by atoms with Crippen LogP contribution in [0.25, 0.3) is 11.3 Å². The average Bonchev–Trinajstić information content (AvgIpc) is 3.54. The lowest BCUT2D eigenvalue weighted by Crippen LogP contribution is -2.53. The van der Waals surface area contributed by atoms with Gasteiger partial charge in [-0.1, -0.05) is 0 Å². The number of hydrogen-bond acceptors (Lipinski definition) is 7. The molecule has 0 spiro atoms. The predicted octanol–water partition coefficient (Wildman–Crippen LogP) is 0.702. The van der Waals surface area contributed by atoms with E-state index >= 15 is 0 Å². The van der Waals surface area contributed by atoms with Crippen LogP contribution in [0.2, 0.25) is 0 Å². The molecule has 0 unspecified atom stereocenters. The van der Waals surface area contributed by atoms with Gasteiger partial charge in [-0.15, -0.1) is 0 Å². The summed E-state index contributed by atoms with van der Waals surface area (Å²) in [6, 6.07) is 1.28. The summed E-state index contributed by atoms with van der Waals surface area (Å²) in [5.41, 5.74) is 1.96. The van der Waals surface area contributed by atoms with Gasteiger partial charge in [-0.3, -0.25) is 15.1 Å². The summed E-state index contributed by atoms with van der Waals surface area (Å²) in [4.78, 5) is 36.8. The molecule has 3 aliphatic rings. The average molecular weight is 443 g/mol. The summed E-state index contributed by atoms with van der Waals surface area (Å²) in [6.07, 6.45) is 8.08. The third kappa shape index (κ3) is 3.79. The maximum atomic E-state index is 12.9. The van der Waals surface area contributed by atoms with Crippen molar-refractivity contribution in [2.75, 3.05) is 12.3 Å². The quantitative estimate of drug-likeness (QED) is 0.651. The fourth-order valence-electron chi connectivity index (χ4n) is 3.97. The lowest BCUT2D eigenvalue weighted by Gasteiger charge is -2.30. The molecule has 2 aromatic rings. The molecule has 0 radical (unpaired) electrons. The molecule has 2 aliphatic heterocycles. The summed E-state index contributed by atoms with van der Waals surface area (Å²) < 4.78 is 27.2. The van der Waals surface area contributed by atoms with Crippen molar-refractivity contribution in [3.8, 4) is 11.3 Å². The minimum atomic E-state index is -3.78. The third-order valence-electron chi connectivity index (χ3n) is 5.95. The van der Waals surface area contributed by atoms with E-state index < -0.39 is 33.3 Å². The van der Waals surface area contributed by atoms with E-state index in [0.717, 1.165) is 41.1 Å². The lowest BCUT2D eigenvalue weighted by atomic mass is 10.0. The minimum Gasteiger partial charge on any atom is -0.322 e. The van der Waals surface area contributed by atoms with E-state index in [2.05, 4.69) is 25.6 Å². The highest BCUT2D eigenvalue weighted by atomic mass is 32.2. The fourth-order valence-corrected chi connectivity index (χ4v) is 5.79. The molecule has 4 heterocycles. The molecule has 2 N–H and O–H groups in total. The molecule has 1 saturated heterocycles. The number of nitrogens with zero attached hydrogens (tertiary/aromatic N) is 4. The first-order valence-corrected chi connectivity index (χ1v) is 11.8. The molecular formula is C20H22N6O4S. The van der Waals surface area contributed by atoms with Crippen molar-refractivity contribution < 1.29 is 18.0 Å². The lowest BCUT2D eigenvalue weighted by molar-refractivity contribution is -0.122. The Morgan fingerprint density at radius 2 is 1.87 bits per heavy atom. The number of aromatic nitrogens is 3. The molecule has 31 heavy (non-hydrogen) atoms. The first-order valence-electron chi connectivity index (χ1n) is 10.1. The molecule has 2 aromatic heterocycles. The first kappa shape index (κ1) is 20.0. The van der Waals surface area contributed by atoms with Crippen LogP contribution in [0, 0.1) is 0 Å². The van der Waals surface area contributed by atoms with Crippen molar-refractivity contribution in [1.29, 1.82) is 0 Å². The number of nitrogens with one attached hydrogen (secondary N) is 2. The maximum absolute atomic E-state index is 12.9. The zero-order valence-electron chi connectivity index (χ0n) is 17.0. The molecule has 2 fully saturated rings. The van der Waals surface area contributed by atoms with Crippen molar-refractivity contribution in [3.05, 3.63) is 41.6 Å². The normalized spacial score (nSPS) is 23.9. The van der Waals surface area contributed by atoms with Crippen LogP contribution in [0.1, 0.15) is 42.6 Å². The molecule has 162 valence electrons. The molecule has 11 heteroatoms. The Kier molecular flexibility index (Phi) is 4.56. The zero-order chi connectivity index (χ0) is 21.8. The van der Waals surface area contributed by atoms with Crippen molar-refractivity contribution in [2.24, 2.45) is 0 Å². The standard InChI is InChI=1S/C20H22N6O4S/c1-20(18(27)24-19(28)25-20)11-31(29,30)26-5-4-13-6-16(21-9-15(13)10-26)14-7-22-17(23-8-14)12-2-3-12/h6-9,12H,2-5,10-11H2,1H3,(H2,24,25,27,28)/t20-/m1/s1. The highest BCUT2D eigenvalue weighted by molar-refractivity contribution is 7.89. The Hall–Kier alpha value is -2.92. The van der Waals surface area contributed by atoms with Gasteiger partial charge < -0.3 is 5.32 Å². The second-order valence-corrected chi connectivity index (χ2v) is 10.5. The highest BCUT2D eigenvalue weighted by Gasteiger charge is 2.46. The molecule has 1 atom stereocenters. The number of amides is 3. The number of carbonyl (C=O) groups is 2. The Bertz CT molecular complexity index is 1180. The van der Waals surface area contributed by atoms with E-state index in [1.807, 2.05) is 6.07 Å². The van der Waals surface area contributed by atoms with Crippen molar-refractivity contribution in [2.45, 2.75) is 44.2 Å². The molecular weight excluding hydrogens is 420 g/mol. The van der Waals surface area contributed by atoms with Crippen LogP contribution in [-0.4, -0.2) is 57.4 Å². The van der Waals surface area contributed by atoms with E-state index in [9.17, 15) is 18.0 Å². The number of rotatable bonds is 5. The monoisotopic (exact) mass is 442 g/mol. The van der Waals surface area contributed by atoms with Gasteiger partial charge in [-0.25, -0.2) is 23.2 Å². The Labute approximate surface area is 179 Å². The topological polar surface area (TPSA) is 134 Å². The van der Waals surface area contributed by atoms with Crippen LogP contribution in [0.4, 0.5) is 4.79 Å². The number of imide groups is 1. The summed E-state index contributed by atoms with van der Waals surface area (Å²) in [6.45, 7) is 1.88. The first-order chi connectivity index (χ1) is 14.7. The van der Waals surface area contributed by atoms with Crippen LogP contribution < -0.4 is 10.6 Å². The molecule has 10 nitrogen and oxygen atoms in total. The number of pyridine rings is 1. The van der Waals surface area contributed by atoms with Crippen LogP contribution in [0.3, 0.4) is 0 Å². The number of sulfonamides is 1. The van der Waals surface area contributed by atoms with Gasteiger partial charge in [0.25, 0.3) is 5.91 Å². The summed E-state index contributed by atoms with van der Waals surface area (Å²) in [7, 11) is -3.78. The van der Waals surface area contributed by atoms with Crippen molar-refractivity contribution >= 4 is 22.0 Å². The Balaban J connectivity index is 1.32. The van der Waals surface area contributed by atoms with Gasteiger partial charge >= 0.3 is 6.03 Å². The third-order valence-corrected chi connectivity index (χ3v) is 7.99. The largest absolute Gasteiger partial charge is 0.322 e. The van der Waals surface area contributed by atoms with Crippen molar-refractivity contribution in [3.63, 3.8) is 0 Å². The zero-order valence-corrected chi connectivity index (χ0v) is 17.8. The van der Waals surface area contributed by atoms with E-state index in [1.54, 1.807) is 18.6 Å².